The van der Waals surface area contributed by atoms with E-state index in [2.05, 4.69) is 15.5 Å². The summed E-state index contributed by atoms with van der Waals surface area (Å²) in [6, 6.07) is 17.3. The number of hydrogen-bond acceptors (Lipinski definition) is 4. The van der Waals surface area contributed by atoms with Gasteiger partial charge in [-0.25, -0.2) is 0 Å². The van der Waals surface area contributed by atoms with Gasteiger partial charge < -0.3 is 9.84 Å². The minimum Gasteiger partial charge on any atom is -0.334 e. The molecule has 3 aromatic rings. The molecule has 0 aliphatic rings. The number of carbonyl (C=O) groups is 1. The molecule has 0 radical (unpaired) electrons. The van der Waals surface area contributed by atoms with Crippen LogP contribution in [0.25, 0.3) is 11.5 Å². The van der Waals surface area contributed by atoms with E-state index in [1.165, 1.54) is 0 Å². The standard InChI is InChI=1S/C18H17N3O2/c1-13-19-18(23-21-13)15-8-5-9-16(12-15)20-17(22)11-10-14-6-3-2-4-7-14/h2-9,12H,10-11H2,1H3,(H,20,22). The normalized spacial score (nSPS) is 10.5. The number of carbonyl (C=O) groups excluding carboxylic acids is 1. The number of hydrogen-bond donors (Lipinski definition) is 1. The van der Waals surface area contributed by atoms with Crippen molar-refractivity contribution in [3.63, 3.8) is 0 Å². The van der Waals surface area contributed by atoms with E-state index in [4.69, 9.17) is 4.52 Å². The van der Waals surface area contributed by atoms with Crippen molar-refractivity contribution in [2.75, 3.05) is 5.32 Å². The molecule has 3 rings (SSSR count). The predicted molar refractivity (Wildman–Crippen MR) is 87.9 cm³/mol. The minimum absolute atomic E-state index is 0.0206. The van der Waals surface area contributed by atoms with Gasteiger partial charge >= 0.3 is 0 Å². The zero-order chi connectivity index (χ0) is 16.1. The van der Waals surface area contributed by atoms with Crippen molar-refractivity contribution in [3.8, 4) is 11.5 Å². The molecule has 0 spiro atoms. The summed E-state index contributed by atoms with van der Waals surface area (Å²) in [6.07, 6.45) is 1.16. The van der Waals surface area contributed by atoms with E-state index in [-0.39, 0.29) is 5.91 Å². The van der Waals surface area contributed by atoms with Crippen molar-refractivity contribution in [3.05, 3.63) is 66.0 Å². The van der Waals surface area contributed by atoms with Crippen LogP contribution in [0.4, 0.5) is 5.69 Å². The van der Waals surface area contributed by atoms with Crippen LogP contribution in [-0.4, -0.2) is 16.0 Å². The molecular weight excluding hydrogens is 290 g/mol. The first-order valence-corrected chi connectivity index (χ1v) is 7.45. The van der Waals surface area contributed by atoms with Gasteiger partial charge in [-0.05, 0) is 37.1 Å². The Morgan fingerprint density at radius 2 is 1.96 bits per heavy atom. The summed E-state index contributed by atoms with van der Waals surface area (Å²) in [5.41, 5.74) is 2.65. The molecular formula is C18H17N3O2. The third-order valence-corrected chi connectivity index (χ3v) is 3.40. The molecule has 116 valence electrons. The molecule has 23 heavy (non-hydrogen) atoms. The maximum atomic E-state index is 12.1. The smallest absolute Gasteiger partial charge is 0.257 e. The fourth-order valence-corrected chi connectivity index (χ4v) is 2.27. The molecule has 5 nitrogen and oxygen atoms in total. The average Bonchev–Trinajstić information content (AvgIpc) is 3.01. The van der Waals surface area contributed by atoms with E-state index in [9.17, 15) is 4.79 Å². The van der Waals surface area contributed by atoms with E-state index in [0.717, 1.165) is 23.2 Å². The van der Waals surface area contributed by atoms with Crippen LogP contribution in [0.1, 0.15) is 17.8 Å². The molecule has 0 fully saturated rings. The Morgan fingerprint density at radius 3 is 2.70 bits per heavy atom. The topological polar surface area (TPSA) is 68.0 Å². The summed E-state index contributed by atoms with van der Waals surface area (Å²) in [5.74, 6) is 1.01. The monoisotopic (exact) mass is 307 g/mol. The van der Waals surface area contributed by atoms with E-state index in [1.54, 1.807) is 6.92 Å². The molecule has 1 N–H and O–H groups in total. The number of aromatic nitrogens is 2. The lowest BCUT2D eigenvalue weighted by atomic mass is 10.1. The Hall–Kier alpha value is -2.95. The number of amides is 1. The second-order valence-corrected chi connectivity index (χ2v) is 5.26. The summed E-state index contributed by atoms with van der Waals surface area (Å²) in [5, 5.41) is 6.67. The van der Waals surface area contributed by atoms with Crippen molar-refractivity contribution in [1.29, 1.82) is 0 Å². The average molecular weight is 307 g/mol. The zero-order valence-corrected chi connectivity index (χ0v) is 12.8. The van der Waals surface area contributed by atoms with Crippen molar-refractivity contribution in [1.82, 2.24) is 10.1 Å². The minimum atomic E-state index is -0.0206. The number of aryl methyl sites for hydroxylation is 2. The molecule has 1 amide bonds. The quantitative estimate of drug-likeness (QED) is 0.781. The highest BCUT2D eigenvalue weighted by molar-refractivity contribution is 5.91. The highest BCUT2D eigenvalue weighted by Crippen LogP contribution is 2.21. The van der Waals surface area contributed by atoms with Gasteiger partial charge in [0, 0.05) is 17.7 Å². The third-order valence-electron chi connectivity index (χ3n) is 3.40. The second kappa shape index (κ2) is 6.87. The van der Waals surface area contributed by atoms with Gasteiger partial charge in [0.2, 0.25) is 5.91 Å². The molecule has 1 heterocycles. The first-order chi connectivity index (χ1) is 11.2. The van der Waals surface area contributed by atoms with E-state index >= 15 is 0 Å². The van der Waals surface area contributed by atoms with Gasteiger partial charge in [0.25, 0.3) is 5.89 Å². The molecule has 0 atom stereocenters. The second-order valence-electron chi connectivity index (χ2n) is 5.26. The highest BCUT2D eigenvalue weighted by atomic mass is 16.5. The largest absolute Gasteiger partial charge is 0.334 e. The first kappa shape index (κ1) is 15.0. The van der Waals surface area contributed by atoms with E-state index in [1.807, 2.05) is 54.6 Å². The van der Waals surface area contributed by atoms with Gasteiger partial charge in [0.1, 0.15) is 0 Å². The van der Waals surface area contributed by atoms with Gasteiger partial charge in [-0.3, -0.25) is 4.79 Å². The molecule has 0 saturated heterocycles. The zero-order valence-electron chi connectivity index (χ0n) is 12.8. The van der Waals surface area contributed by atoms with Gasteiger partial charge in [-0.1, -0.05) is 41.6 Å². The number of nitrogens with one attached hydrogen (secondary N) is 1. The SMILES string of the molecule is Cc1noc(-c2cccc(NC(=O)CCc3ccccc3)c2)n1. The summed E-state index contributed by atoms with van der Waals surface area (Å²) >= 11 is 0. The molecule has 1 aromatic heterocycles. The van der Waals surface area contributed by atoms with Crippen molar-refractivity contribution >= 4 is 11.6 Å². The number of benzene rings is 2. The maximum absolute atomic E-state index is 12.1. The van der Waals surface area contributed by atoms with E-state index < -0.39 is 0 Å². The van der Waals surface area contributed by atoms with Crippen LogP contribution < -0.4 is 5.32 Å². The van der Waals surface area contributed by atoms with Crippen LogP contribution in [0.2, 0.25) is 0 Å². The lowest BCUT2D eigenvalue weighted by Gasteiger charge is -2.06. The Kier molecular flexibility index (Phi) is 4.47. The molecule has 0 aliphatic carbocycles. The molecule has 2 aromatic carbocycles. The van der Waals surface area contributed by atoms with Crippen molar-refractivity contribution in [2.24, 2.45) is 0 Å². The van der Waals surface area contributed by atoms with Crippen LogP contribution in [0.15, 0.2) is 59.1 Å². The van der Waals surface area contributed by atoms with Crippen LogP contribution >= 0.6 is 0 Å². The van der Waals surface area contributed by atoms with Gasteiger partial charge in [0.15, 0.2) is 5.82 Å². The van der Waals surface area contributed by atoms with E-state index in [0.29, 0.717) is 18.1 Å². The molecule has 5 heteroatoms. The molecule has 0 saturated carbocycles. The predicted octanol–water partition coefficient (Wildman–Crippen LogP) is 3.62. The highest BCUT2D eigenvalue weighted by Gasteiger charge is 2.08. The Labute approximate surface area is 134 Å². The van der Waals surface area contributed by atoms with Crippen LogP contribution in [0.5, 0.6) is 0 Å². The third kappa shape index (κ3) is 4.03. The molecule has 0 unspecified atom stereocenters. The van der Waals surface area contributed by atoms with Crippen LogP contribution in [-0.2, 0) is 11.2 Å². The number of nitrogens with zero attached hydrogens (tertiary/aromatic N) is 2. The number of anilines is 1. The Morgan fingerprint density at radius 1 is 1.13 bits per heavy atom. The van der Waals surface area contributed by atoms with Crippen molar-refractivity contribution < 1.29 is 9.32 Å². The Balaban J connectivity index is 1.62. The summed E-state index contributed by atoms with van der Waals surface area (Å²) < 4.78 is 5.14. The molecule has 0 bridgehead atoms. The lowest BCUT2D eigenvalue weighted by Crippen LogP contribution is -2.12. The van der Waals surface area contributed by atoms with Crippen LogP contribution in [0.3, 0.4) is 0 Å². The summed E-state index contributed by atoms with van der Waals surface area (Å²) in [4.78, 5) is 16.3. The lowest BCUT2D eigenvalue weighted by molar-refractivity contribution is -0.116. The van der Waals surface area contributed by atoms with Gasteiger partial charge in [0.05, 0.1) is 0 Å². The summed E-state index contributed by atoms with van der Waals surface area (Å²) in [7, 11) is 0. The maximum Gasteiger partial charge on any atom is 0.257 e. The van der Waals surface area contributed by atoms with Crippen molar-refractivity contribution in [2.45, 2.75) is 19.8 Å². The summed E-state index contributed by atoms with van der Waals surface area (Å²) in [6.45, 7) is 1.77. The number of rotatable bonds is 5. The fourth-order valence-electron chi connectivity index (χ4n) is 2.27. The van der Waals surface area contributed by atoms with Crippen LogP contribution in [0, 0.1) is 6.92 Å². The fraction of sp³-hybridized carbons (Fsp3) is 0.167. The Bertz CT molecular complexity index is 797. The molecule has 0 aliphatic heterocycles. The van der Waals surface area contributed by atoms with Gasteiger partial charge in [-0.15, -0.1) is 0 Å². The first-order valence-electron chi connectivity index (χ1n) is 7.45. The van der Waals surface area contributed by atoms with Gasteiger partial charge in [-0.2, -0.15) is 4.98 Å².